The Morgan fingerprint density at radius 1 is 1.27 bits per heavy atom. The number of benzene rings is 1. The van der Waals surface area contributed by atoms with Gasteiger partial charge in [-0.2, -0.15) is 5.10 Å². The predicted molar refractivity (Wildman–Crippen MR) is 140 cm³/mol. The molecular weight excluding hydrogens is 563 g/mol. The van der Waals surface area contributed by atoms with Gasteiger partial charge >= 0.3 is 5.97 Å². The molecule has 0 saturated heterocycles. The number of anilines is 1. The Labute approximate surface area is 224 Å². The summed E-state index contributed by atoms with van der Waals surface area (Å²) < 4.78 is 47.3. The van der Waals surface area contributed by atoms with Crippen LogP contribution in [0.5, 0.6) is 0 Å². The number of rotatable bonds is 9. The van der Waals surface area contributed by atoms with E-state index in [-0.39, 0.29) is 19.1 Å². The molecule has 3 heterocycles. The standard InChI is InChI=1S/C26H24BrFN4O4S/c1-2-36-26(33)24-22-14-19(17-4-5-17)23(15-31(22)30-25(24)18-7-10-29-11-8-18)32(37(34)35)12-9-16-3-6-20(27)21(28)13-16/h3,6-8,10-11,13-15,17H,2,4-5,9,12H2,1H3,(H,34,35)/p-1. The molecule has 0 amide bonds. The molecule has 37 heavy (non-hydrogen) atoms. The summed E-state index contributed by atoms with van der Waals surface area (Å²) in [6.07, 6.45) is 7.02. The third kappa shape index (κ3) is 5.29. The van der Waals surface area contributed by atoms with Crippen LogP contribution in [0, 0.1) is 5.82 Å². The average molecular weight is 586 g/mol. The lowest BCUT2D eigenvalue weighted by Gasteiger charge is -2.28. The van der Waals surface area contributed by atoms with Gasteiger partial charge in [0.1, 0.15) is 17.1 Å². The van der Waals surface area contributed by atoms with E-state index in [1.165, 1.54) is 14.9 Å². The fraction of sp³-hybridized carbons (Fsp3) is 0.269. The van der Waals surface area contributed by atoms with Crippen LogP contribution in [0.2, 0.25) is 0 Å². The lowest BCUT2D eigenvalue weighted by atomic mass is 10.0. The molecule has 0 bridgehead atoms. The van der Waals surface area contributed by atoms with E-state index in [9.17, 15) is 17.9 Å². The van der Waals surface area contributed by atoms with Crippen LogP contribution in [-0.2, 0) is 22.4 Å². The number of aromatic nitrogens is 3. The Kier molecular flexibility index (Phi) is 7.36. The first-order valence-electron chi connectivity index (χ1n) is 11.8. The molecule has 192 valence electrons. The van der Waals surface area contributed by atoms with E-state index in [1.54, 1.807) is 49.8 Å². The second-order valence-electron chi connectivity index (χ2n) is 8.72. The van der Waals surface area contributed by atoms with E-state index in [0.717, 1.165) is 18.4 Å². The fourth-order valence-corrected chi connectivity index (χ4v) is 5.14. The molecule has 1 aliphatic carbocycles. The van der Waals surface area contributed by atoms with Crippen molar-refractivity contribution in [1.82, 2.24) is 14.6 Å². The molecule has 0 N–H and O–H groups in total. The quantitative estimate of drug-likeness (QED) is 0.198. The molecular formula is C26H23BrFN4O4S-. The van der Waals surface area contributed by atoms with Crippen molar-refractivity contribution in [3.05, 3.63) is 82.0 Å². The van der Waals surface area contributed by atoms with Crippen LogP contribution in [0.1, 0.15) is 47.2 Å². The Morgan fingerprint density at radius 2 is 2.03 bits per heavy atom. The summed E-state index contributed by atoms with van der Waals surface area (Å²) in [7, 11) is 0. The zero-order valence-electron chi connectivity index (χ0n) is 19.9. The van der Waals surface area contributed by atoms with Gasteiger partial charge in [0.05, 0.1) is 28.5 Å². The summed E-state index contributed by atoms with van der Waals surface area (Å²) in [4.78, 5) is 17.1. The second kappa shape index (κ2) is 10.7. The van der Waals surface area contributed by atoms with Gasteiger partial charge in [0.2, 0.25) is 0 Å². The van der Waals surface area contributed by atoms with Crippen LogP contribution in [0.25, 0.3) is 16.8 Å². The van der Waals surface area contributed by atoms with Gasteiger partial charge < -0.3 is 13.6 Å². The van der Waals surface area contributed by atoms with Gasteiger partial charge in [-0.15, -0.1) is 0 Å². The van der Waals surface area contributed by atoms with E-state index < -0.39 is 23.1 Å². The van der Waals surface area contributed by atoms with E-state index in [1.807, 2.05) is 6.07 Å². The van der Waals surface area contributed by atoms with Gasteiger partial charge in [-0.3, -0.25) is 9.19 Å². The Hall–Kier alpha value is -3.15. The molecule has 1 unspecified atom stereocenters. The van der Waals surface area contributed by atoms with Crippen molar-refractivity contribution in [2.75, 3.05) is 17.5 Å². The van der Waals surface area contributed by atoms with Crippen LogP contribution in [0.15, 0.2) is 59.5 Å². The van der Waals surface area contributed by atoms with Crippen molar-refractivity contribution < 1.29 is 22.7 Å². The van der Waals surface area contributed by atoms with Gasteiger partial charge in [-0.1, -0.05) is 6.07 Å². The van der Waals surface area contributed by atoms with E-state index in [0.29, 0.717) is 44.5 Å². The molecule has 0 aliphatic heterocycles. The highest BCUT2D eigenvalue weighted by molar-refractivity contribution is 9.10. The maximum absolute atomic E-state index is 14.0. The molecule has 1 saturated carbocycles. The summed E-state index contributed by atoms with van der Waals surface area (Å²) in [5.41, 5.74) is 3.97. The summed E-state index contributed by atoms with van der Waals surface area (Å²) >= 11 is 0.552. The third-order valence-corrected chi connectivity index (χ3v) is 7.65. The topological polar surface area (TPSA) is 99.9 Å². The van der Waals surface area contributed by atoms with Crippen molar-refractivity contribution in [3.63, 3.8) is 0 Å². The van der Waals surface area contributed by atoms with E-state index in [2.05, 4.69) is 26.0 Å². The third-order valence-electron chi connectivity index (χ3n) is 6.27. The van der Waals surface area contributed by atoms with Crippen LogP contribution in [-0.4, -0.2) is 42.5 Å². The highest BCUT2D eigenvalue weighted by Crippen LogP contribution is 2.46. The van der Waals surface area contributed by atoms with Gasteiger partial charge in [0, 0.05) is 35.8 Å². The molecule has 5 rings (SSSR count). The summed E-state index contributed by atoms with van der Waals surface area (Å²) in [5, 5.41) is 4.65. The average Bonchev–Trinajstić information content (AvgIpc) is 3.66. The smallest absolute Gasteiger partial charge is 0.342 e. The Bertz CT molecular complexity index is 1490. The van der Waals surface area contributed by atoms with E-state index >= 15 is 0 Å². The number of esters is 1. The van der Waals surface area contributed by atoms with Gasteiger partial charge in [0.25, 0.3) is 0 Å². The van der Waals surface area contributed by atoms with Crippen LogP contribution in [0.3, 0.4) is 0 Å². The molecule has 0 radical (unpaired) electrons. The minimum absolute atomic E-state index is 0.117. The minimum Gasteiger partial charge on any atom is -0.755 e. The molecule has 11 heteroatoms. The van der Waals surface area contributed by atoms with E-state index in [4.69, 9.17) is 4.74 Å². The normalized spacial score (nSPS) is 14.1. The first kappa shape index (κ1) is 25.5. The lowest BCUT2D eigenvalue weighted by Crippen LogP contribution is -2.29. The molecule has 1 atom stereocenters. The maximum Gasteiger partial charge on any atom is 0.342 e. The van der Waals surface area contributed by atoms with Gasteiger partial charge in [-0.25, -0.2) is 13.7 Å². The minimum atomic E-state index is -2.59. The van der Waals surface area contributed by atoms with Crippen molar-refractivity contribution in [3.8, 4) is 11.3 Å². The van der Waals surface area contributed by atoms with Crippen molar-refractivity contribution in [2.45, 2.75) is 32.1 Å². The molecule has 3 aromatic heterocycles. The second-order valence-corrected chi connectivity index (χ2v) is 10.4. The SMILES string of the molecule is CCOC(=O)c1c(-c2ccncc2)nn2cc(N(CCc3ccc(Br)c(F)c3)S(=O)[O-])c(C3CC3)cc12. The lowest BCUT2D eigenvalue weighted by molar-refractivity contribution is 0.0529. The predicted octanol–water partition coefficient (Wildman–Crippen LogP) is 5.20. The molecule has 8 nitrogen and oxygen atoms in total. The fourth-order valence-electron chi connectivity index (χ4n) is 4.34. The zero-order valence-corrected chi connectivity index (χ0v) is 22.3. The number of nitrogens with zero attached hydrogens (tertiary/aromatic N) is 4. The van der Waals surface area contributed by atoms with Crippen LogP contribution < -0.4 is 4.31 Å². The van der Waals surface area contributed by atoms with Gasteiger partial charge in [0.15, 0.2) is 0 Å². The number of carbonyl (C=O) groups is 1. The van der Waals surface area contributed by atoms with Crippen LogP contribution >= 0.6 is 15.9 Å². The summed E-state index contributed by atoms with van der Waals surface area (Å²) in [5.74, 6) is -0.732. The summed E-state index contributed by atoms with van der Waals surface area (Å²) in [6, 6.07) is 10.1. The van der Waals surface area contributed by atoms with Crippen molar-refractivity contribution in [1.29, 1.82) is 0 Å². The number of halogens is 2. The number of ether oxygens (including phenoxy) is 1. The van der Waals surface area contributed by atoms with Crippen molar-refractivity contribution in [2.24, 2.45) is 0 Å². The highest BCUT2D eigenvalue weighted by Gasteiger charge is 2.31. The monoisotopic (exact) mass is 585 g/mol. The first-order valence-corrected chi connectivity index (χ1v) is 13.6. The Morgan fingerprint density at radius 3 is 2.68 bits per heavy atom. The highest BCUT2D eigenvalue weighted by atomic mass is 79.9. The van der Waals surface area contributed by atoms with Crippen molar-refractivity contribution >= 4 is 44.4 Å². The molecule has 1 fully saturated rings. The van der Waals surface area contributed by atoms with Gasteiger partial charge in [-0.05, 0) is 89.5 Å². The molecule has 0 spiro atoms. The first-order chi connectivity index (χ1) is 17.9. The molecule has 1 aromatic carbocycles. The molecule has 4 aromatic rings. The number of pyridine rings is 2. The molecule has 1 aliphatic rings. The Balaban J connectivity index is 1.61. The zero-order chi connectivity index (χ0) is 26.1. The van der Waals surface area contributed by atoms with Crippen LogP contribution in [0.4, 0.5) is 10.1 Å². The largest absolute Gasteiger partial charge is 0.755 e. The number of fused-ring (bicyclic) bond motifs is 1. The maximum atomic E-state index is 14.0. The number of carbonyl (C=O) groups excluding carboxylic acids is 1. The number of hydrogen-bond acceptors (Lipinski definition) is 6. The number of hydrogen-bond donors (Lipinski definition) is 0. The summed E-state index contributed by atoms with van der Waals surface area (Å²) in [6.45, 7) is 2.06.